The van der Waals surface area contributed by atoms with Gasteiger partial charge in [0.25, 0.3) is 0 Å². The van der Waals surface area contributed by atoms with E-state index in [1.54, 1.807) is 4.90 Å². The van der Waals surface area contributed by atoms with Gasteiger partial charge in [-0.3, -0.25) is 9.59 Å². The number of rotatable bonds is 6. The van der Waals surface area contributed by atoms with Crippen LogP contribution >= 0.6 is 0 Å². The highest BCUT2D eigenvalue weighted by Gasteiger charge is 2.39. The number of hydrogen-bond donors (Lipinski definition) is 2. The van der Waals surface area contributed by atoms with E-state index in [1.165, 1.54) is 0 Å². The number of hydrogen-bond acceptors (Lipinski definition) is 3. The molecule has 1 heterocycles. The lowest BCUT2D eigenvalue weighted by Gasteiger charge is -2.31. The Morgan fingerprint density at radius 2 is 2.05 bits per heavy atom. The van der Waals surface area contributed by atoms with Gasteiger partial charge in [-0.25, -0.2) is 0 Å². The smallest absolute Gasteiger partial charge is 0.230 e. The lowest BCUT2D eigenvalue weighted by Crippen LogP contribution is -2.44. The number of amides is 2. The molecule has 21 heavy (non-hydrogen) atoms. The maximum atomic E-state index is 12.8. The summed E-state index contributed by atoms with van der Waals surface area (Å²) < 4.78 is 0. The summed E-state index contributed by atoms with van der Waals surface area (Å²) in [4.78, 5) is 25.6. The Bertz CT molecular complexity index is 496. The molecule has 114 valence electrons. The van der Waals surface area contributed by atoms with Crippen molar-refractivity contribution < 1.29 is 9.59 Å². The third-order valence-corrected chi connectivity index (χ3v) is 4.02. The van der Waals surface area contributed by atoms with E-state index >= 15 is 0 Å². The fourth-order valence-electron chi connectivity index (χ4n) is 2.68. The lowest BCUT2D eigenvalue weighted by molar-refractivity contribution is -0.141. The predicted octanol–water partition coefficient (Wildman–Crippen LogP) is 0.890. The van der Waals surface area contributed by atoms with Crippen molar-refractivity contribution in [1.29, 1.82) is 0 Å². The van der Waals surface area contributed by atoms with Crippen molar-refractivity contribution in [3.63, 3.8) is 0 Å². The van der Waals surface area contributed by atoms with Crippen LogP contribution in [-0.4, -0.2) is 36.3 Å². The summed E-state index contributed by atoms with van der Waals surface area (Å²) in [5, 5.41) is 3.24. The second kappa shape index (κ2) is 6.72. The van der Waals surface area contributed by atoms with Crippen molar-refractivity contribution in [2.45, 2.75) is 26.3 Å². The Labute approximate surface area is 125 Å². The molecule has 0 spiro atoms. The van der Waals surface area contributed by atoms with Crippen molar-refractivity contribution in [2.24, 2.45) is 11.1 Å². The summed E-state index contributed by atoms with van der Waals surface area (Å²) in [6, 6.07) is 9.82. The van der Waals surface area contributed by atoms with Crippen molar-refractivity contribution in [3.05, 3.63) is 35.9 Å². The summed E-state index contributed by atoms with van der Waals surface area (Å²) in [7, 11) is 0. The number of primary amides is 1. The Morgan fingerprint density at radius 3 is 2.62 bits per heavy atom. The number of benzene rings is 1. The van der Waals surface area contributed by atoms with E-state index < -0.39 is 0 Å². The van der Waals surface area contributed by atoms with Gasteiger partial charge in [-0.05, 0) is 25.5 Å². The standard InChI is InChI=1S/C16H23N3O2/c1-16(8-9-18-12-16)15(21)19(10-7-14(17)20)11-13-5-3-2-4-6-13/h2-6,18H,7-12H2,1H3,(H2,17,20). The minimum absolute atomic E-state index is 0.0950. The van der Waals surface area contributed by atoms with E-state index in [0.717, 1.165) is 18.5 Å². The summed E-state index contributed by atoms with van der Waals surface area (Å²) in [6.07, 6.45) is 1.02. The molecular formula is C16H23N3O2. The van der Waals surface area contributed by atoms with Crippen molar-refractivity contribution in [3.8, 4) is 0 Å². The third kappa shape index (κ3) is 4.04. The Hall–Kier alpha value is -1.88. The molecule has 1 aromatic rings. The Kier molecular flexibility index (Phi) is 4.96. The first kappa shape index (κ1) is 15.5. The zero-order valence-electron chi connectivity index (χ0n) is 12.5. The van der Waals surface area contributed by atoms with Crippen LogP contribution in [-0.2, 0) is 16.1 Å². The molecule has 1 fully saturated rings. The molecule has 1 aliphatic rings. The van der Waals surface area contributed by atoms with Crippen LogP contribution in [0, 0.1) is 5.41 Å². The SMILES string of the molecule is CC1(C(=O)N(CCC(N)=O)Cc2ccccc2)CCNC1. The molecule has 5 nitrogen and oxygen atoms in total. The maximum absolute atomic E-state index is 12.8. The van der Waals surface area contributed by atoms with Gasteiger partial charge in [0.2, 0.25) is 11.8 Å². The molecule has 2 rings (SSSR count). The molecule has 1 aliphatic heterocycles. The van der Waals surface area contributed by atoms with E-state index in [9.17, 15) is 9.59 Å². The van der Waals surface area contributed by atoms with Gasteiger partial charge in [0.15, 0.2) is 0 Å². The van der Waals surface area contributed by atoms with Gasteiger partial charge in [-0.1, -0.05) is 30.3 Å². The molecule has 5 heteroatoms. The molecule has 2 amide bonds. The number of nitrogens with two attached hydrogens (primary N) is 1. The summed E-state index contributed by atoms with van der Waals surface area (Å²) in [5.41, 5.74) is 5.91. The largest absolute Gasteiger partial charge is 0.370 e. The van der Waals surface area contributed by atoms with E-state index in [2.05, 4.69) is 5.32 Å². The molecule has 0 aliphatic carbocycles. The van der Waals surface area contributed by atoms with Crippen LogP contribution in [0.15, 0.2) is 30.3 Å². The molecule has 0 bridgehead atoms. The van der Waals surface area contributed by atoms with Crippen LogP contribution in [0.5, 0.6) is 0 Å². The van der Waals surface area contributed by atoms with Crippen LogP contribution in [0.25, 0.3) is 0 Å². The Balaban J connectivity index is 2.11. The second-order valence-corrected chi connectivity index (χ2v) is 5.92. The monoisotopic (exact) mass is 289 g/mol. The van der Waals surface area contributed by atoms with Crippen LogP contribution < -0.4 is 11.1 Å². The summed E-state index contributed by atoms with van der Waals surface area (Å²) in [6.45, 7) is 4.42. The summed E-state index contributed by atoms with van der Waals surface area (Å²) in [5.74, 6) is -0.284. The number of carbonyl (C=O) groups is 2. The number of carbonyl (C=O) groups excluding carboxylic acids is 2. The van der Waals surface area contributed by atoms with Crippen LogP contribution in [0.3, 0.4) is 0 Å². The molecule has 0 radical (unpaired) electrons. The van der Waals surface area contributed by atoms with Crippen LogP contribution in [0.4, 0.5) is 0 Å². The minimum Gasteiger partial charge on any atom is -0.370 e. The predicted molar refractivity (Wildman–Crippen MR) is 81.3 cm³/mol. The highest BCUT2D eigenvalue weighted by atomic mass is 16.2. The van der Waals surface area contributed by atoms with Gasteiger partial charge < -0.3 is 16.0 Å². The first-order valence-corrected chi connectivity index (χ1v) is 7.33. The Morgan fingerprint density at radius 1 is 1.33 bits per heavy atom. The average Bonchev–Trinajstić information content (AvgIpc) is 2.92. The number of nitrogens with one attached hydrogen (secondary N) is 1. The first-order chi connectivity index (χ1) is 10.0. The maximum Gasteiger partial charge on any atom is 0.230 e. The second-order valence-electron chi connectivity index (χ2n) is 5.92. The normalized spacial score (nSPS) is 21.2. The molecule has 0 aromatic heterocycles. The molecule has 3 N–H and O–H groups in total. The third-order valence-electron chi connectivity index (χ3n) is 4.02. The van der Waals surface area contributed by atoms with E-state index in [-0.39, 0.29) is 23.7 Å². The zero-order chi connectivity index (χ0) is 15.3. The quantitative estimate of drug-likeness (QED) is 0.816. The van der Waals surface area contributed by atoms with Gasteiger partial charge in [-0.15, -0.1) is 0 Å². The van der Waals surface area contributed by atoms with Gasteiger partial charge >= 0.3 is 0 Å². The van der Waals surface area contributed by atoms with Gasteiger partial charge in [0.05, 0.1) is 5.41 Å². The van der Waals surface area contributed by atoms with Gasteiger partial charge in [0.1, 0.15) is 0 Å². The van der Waals surface area contributed by atoms with Crippen molar-refractivity contribution in [1.82, 2.24) is 10.2 Å². The van der Waals surface area contributed by atoms with Gasteiger partial charge in [-0.2, -0.15) is 0 Å². The van der Waals surface area contributed by atoms with E-state index in [4.69, 9.17) is 5.73 Å². The van der Waals surface area contributed by atoms with Crippen molar-refractivity contribution in [2.75, 3.05) is 19.6 Å². The molecular weight excluding hydrogens is 266 g/mol. The van der Waals surface area contributed by atoms with Crippen LogP contribution in [0.1, 0.15) is 25.3 Å². The fourth-order valence-corrected chi connectivity index (χ4v) is 2.68. The lowest BCUT2D eigenvalue weighted by atomic mass is 9.88. The fraction of sp³-hybridized carbons (Fsp3) is 0.500. The first-order valence-electron chi connectivity index (χ1n) is 7.33. The highest BCUT2D eigenvalue weighted by Crippen LogP contribution is 2.28. The summed E-state index contributed by atoms with van der Waals surface area (Å²) >= 11 is 0. The molecule has 1 atom stereocenters. The minimum atomic E-state index is -0.383. The molecule has 1 aromatic carbocycles. The molecule has 0 saturated carbocycles. The molecule has 1 saturated heterocycles. The topological polar surface area (TPSA) is 75.4 Å². The van der Waals surface area contributed by atoms with Crippen molar-refractivity contribution >= 4 is 11.8 Å². The van der Waals surface area contributed by atoms with E-state index in [0.29, 0.717) is 19.6 Å². The molecule has 1 unspecified atom stereocenters. The number of nitrogens with zero attached hydrogens (tertiary/aromatic N) is 1. The zero-order valence-corrected chi connectivity index (χ0v) is 12.5. The highest BCUT2D eigenvalue weighted by molar-refractivity contribution is 5.83. The van der Waals surface area contributed by atoms with Gasteiger partial charge in [0, 0.05) is 26.1 Å². The average molecular weight is 289 g/mol. The van der Waals surface area contributed by atoms with Crippen LogP contribution in [0.2, 0.25) is 0 Å². The van der Waals surface area contributed by atoms with E-state index in [1.807, 2.05) is 37.3 Å².